The number of rotatable bonds is 1. The van der Waals surface area contributed by atoms with Crippen molar-refractivity contribution in [3.8, 4) is 0 Å². The van der Waals surface area contributed by atoms with Gasteiger partial charge in [0.2, 0.25) is 0 Å². The number of hydrogen-bond acceptors (Lipinski definition) is 3. The van der Waals surface area contributed by atoms with E-state index in [0.717, 1.165) is 66.5 Å². The summed E-state index contributed by atoms with van der Waals surface area (Å²) in [6.07, 6.45) is -1.54. The van der Waals surface area contributed by atoms with Gasteiger partial charge in [0, 0.05) is 31.8 Å². The molecule has 0 unspecified atom stereocenters. The number of fused-ring (bicyclic) bond motifs is 1. The van der Waals surface area contributed by atoms with Crippen molar-refractivity contribution < 1.29 is 13.2 Å². The molecule has 2 aromatic rings. The fourth-order valence-electron chi connectivity index (χ4n) is 3.62. The summed E-state index contributed by atoms with van der Waals surface area (Å²) in [5.41, 5.74) is 3.07. The van der Waals surface area contributed by atoms with Crippen molar-refractivity contribution in [2.45, 2.75) is 12.6 Å². The van der Waals surface area contributed by atoms with E-state index in [4.69, 9.17) is 4.99 Å². The van der Waals surface area contributed by atoms with Gasteiger partial charge < -0.3 is 9.80 Å². The zero-order valence-corrected chi connectivity index (χ0v) is 18.2. The highest BCUT2D eigenvalue weighted by Crippen LogP contribution is 2.33. The van der Waals surface area contributed by atoms with Crippen molar-refractivity contribution in [3.63, 3.8) is 0 Å². The molecule has 2 aliphatic heterocycles. The molecule has 0 spiro atoms. The van der Waals surface area contributed by atoms with E-state index in [1.165, 1.54) is 0 Å². The molecule has 0 atom stereocenters. The third-order valence-electron chi connectivity index (χ3n) is 5.31. The lowest BCUT2D eigenvalue weighted by molar-refractivity contribution is -0.137. The molecule has 0 bridgehead atoms. The average molecular weight is 458 g/mol. The second-order valence-electron chi connectivity index (χ2n) is 7.25. The molecule has 8 heteroatoms. The molecule has 1 fully saturated rings. The van der Waals surface area contributed by atoms with Crippen LogP contribution < -0.4 is 0 Å². The molecule has 4 rings (SSSR count). The SMILES string of the molecule is CN1CCN(C2=Nc3ccccc3CC=C2c2ccc(C(F)(F)F)cc2)CC1.Cl.Cl. The number of allylic oxidation sites excluding steroid dienone is 1. The van der Waals surface area contributed by atoms with Gasteiger partial charge in [0.1, 0.15) is 5.84 Å². The monoisotopic (exact) mass is 457 g/mol. The number of halogens is 5. The first-order valence-electron chi connectivity index (χ1n) is 9.40. The number of hydrogen-bond donors (Lipinski definition) is 0. The summed E-state index contributed by atoms with van der Waals surface area (Å²) in [6, 6.07) is 13.4. The molecule has 0 N–H and O–H groups in total. The predicted octanol–water partition coefficient (Wildman–Crippen LogP) is 5.47. The van der Waals surface area contributed by atoms with Crippen LogP contribution in [0.3, 0.4) is 0 Å². The Balaban J connectivity index is 0.00000160. The summed E-state index contributed by atoms with van der Waals surface area (Å²) in [4.78, 5) is 9.46. The zero-order valence-electron chi connectivity index (χ0n) is 16.5. The van der Waals surface area contributed by atoms with Gasteiger partial charge in [0.25, 0.3) is 0 Å². The fourth-order valence-corrected chi connectivity index (χ4v) is 3.62. The Morgan fingerprint density at radius 2 is 1.50 bits per heavy atom. The minimum Gasteiger partial charge on any atom is -0.354 e. The van der Waals surface area contributed by atoms with E-state index in [0.29, 0.717) is 6.42 Å². The summed E-state index contributed by atoms with van der Waals surface area (Å²) in [5, 5.41) is 0. The van der Waals surface area contributed by atoms with Crippen LogP contribution in [0.2, 0.25) is 0 Å². The van der Waals surface area contributed by atoms with Gasteiger partial charge in [-0.1, -0.05) is 36.4 Å². The van der Waals surface area contributed by atoms with E-state index in [9.17, 15) is 13.2 Å². The lowest BCUT2D eigenvalue weighted by atomic mass is 10.00. The Bertz CT molecular complexity index is 916. The maximum atomic E-state index is 13.0. The van der Waals surface area contributed by atoms with Gasteiger partial charge in [-0.25, -0.2) is 4.99 Å². The van der Waals surface area contributed by atoms with Crippen LogP contribution in [0.4, 0.5) is 18.9 Å². The van der Waals surface area contributed by atoms with E-state index >= 15 is 0 Å². The van der Waals surface area contributed by atoms with Crippen LogP contribution in [0.1, 0.15) is 16.7 Å². The average Bonchev–Trinajstić information content (AvgIpc) is 2.88. The lowest BCUT2D eigenvalue weighted by Crippen LogP contribution is -2.47. The number of piperazine rings is 1. The van der Waals surface area contributed by atoms with Crippen LogP contribution >= 0.6 is 24.8 Å². The van der Waals surface area contributed by atoms with Crippen LogP contribution in [0.25, 0.3) is 5.57 Å². The van der Waals surface area contributed by atoms with Crippen LogP contribution in [0, 0.1) is 0 Å². The van der Waals surface area contributed by atoms with E-state index in [2.05, 4.69) is 22.9 Å². The number of nitrogens with zero attached hydrogens (tertiary/aromatic N) is 3. The molecule has 2 aromatic carbocycles. The van der Waals surface area contributed by atoms with Crippen molar-refractivity contribution in [1.82, 2.24) is 9.80 Å². The third-order valence-corrected chi connectivity index (χ3v) is 5.31. The lowest BCUT2D eigenvalue weighted by Gasteiger charge is -2.35. The van der Waals surface area contributed by atoms with E-state index in [-0.39, 0.29) is 24.8 Å². The number of alkyl halides is 3. The van der Waals surface area contributed by atoms with Crippen LogP contribution in [0.5, 0.6) is 0 Å². The Morgan fingerprint density at radius 1 is 0.867 bits per heavy atom. The third kappa shape index (κ3) is 5.17. The number of amidine groups is 1. The highest BCUT2D eigenvalue weighted by atomic mass is 35.5. The van der Waals surface area contributed by atoms with Crippen LogP contribution in [-0.2, 0) is 12.6 Å². The molecule has 3 nitrogen and oxygen atoms in total. The number of benzene rings is 2. The number of para-hydroxylation sites is 1. The molecule has 0 saturated carbocycles. The molecule has 0 aliphatic carbocycles. The summed E-state index contributed by atoms with van der Waals surface area (Å²) in [7, 11) is 2.09. The van der Waals surface area contributed by atoms with E-state index < -0.39 is 11.7 Å². The van der Waals surface area contributed by atoms with Crippen molar-refractivity contribution in [1.29, 1.82) is 0 Å². The highest BCUT2D eigenvalue weighted by Gasteiger charge is 2.30. The molecule has 0 aromatic heterocycles. The fraction of sp³-hybridized carbons (Fsp3) is 0.318. The molecule has 30 heavy (non-hydrogen) atoms. The smallest absolute Gasteiger partial charge is 0.354 e. The molecular formula is C22H24Cl2F3N3. The van der Waals surface area contributed by atoms with Gasteiger partial charge in [-0.05, 0) is 42.8 Å². The Hall–Kier alpha value is -2.02. The topological polar surface area (TPSA) is 18.8 Å². The van der Waals surface area contributed by atoms with E-state index in [1.807, 2.05) is 24.3 Å². The number of aliphatic imine (C=N–C) groups is 1. The minimum absolute atomic E-state index is 0. The van der Waals surface area contributed by atoms with Gasteiger partial charge in [-0.3, -0.25) is 0 Å². The van der Waals surface area contributed by atoms with Crippen molar-refractivity contribution in [2.24, 2.45) is 4.99 Å². The number of likely N-dealkylation sites (N-methyl/N-ethyl adjacent to an activating group) is 1. The summed E-state index contributed by atoms with van der Waals surface area (Å²) in [6.45, 7) is 3.55. The summed E-state index contributed by atoms with van der Waals surface area (Å²) >= 11 is 0. The molecular weight excluding hydrogens is 434 g/mol. The van der Waals surface area contributed by atoms with E-state index in [1.54, 1.807) is 12.1 Å². The first-order valence-corrected chi connectivity index (χ1v) is 9.40. The molecule has 0 radical (unpaired) electrons. The second-order valence-corrected chi connectivity index (χ2v) is 7.25. The second kappa shape index (κ2) is 9.86. The minimum atomic E-state index is -4.33. The normalized spacial score (nSPS) is 17.0. The summed E-state index contributed by atoms with van der Waals surface area (Å²) in [5.74, 6) is 0.845. The first-order chi connectivity index (χ1) is 13.4. The van der Waals surface area contributed by atoms with Crippen LogP contribution in [0.15, 0.2) is 59.6 Å². The maximum absolute atomic E-state index is 13.0. The Kier molecular flexibility index (Phi) is 7.97. The zero-order chi connectivity index (χ0) is 19.7. The van der Waals surface area contributed by atoms with Crippen LogP contribution in [-0.4, -0.2) is 48.9 Å². The molecule has 162 valence electrons. The highest BCUT2D eigenvalue weighted by molar-refractivity contribution is 6.23. The van der Waals surface area contributed by atoms with Gasteiger partial charge in [0.15, 0.2) is 0 Å². The first kappa shape index (κ1) is 24.3. The van der Waals surface area contributed by atoms with Gasteiger partial charge in [-0.15, -0.1) is 24.8 Å². The molecule has 1 saturated heterocycles. The standard InChI is InChI=1S/C22H22F3N3.2ClH/c1-27-12-14-28(15-13-27)21-19(11-8-17-4-2-3-5-20(17)26-21)16-6-9-18(10-7-16)22(23,24)25;;/h2-7,9-11H,8,12-15H2,1H3;2*1H. The van der Waals surface area contributed by atoms with Gasteiger partial charge in [0.05, 0.1) is 11.3 Å². The predicted molar refractivity (Wildman–Crippen MR) is 120 cm³/mol. The summed E-state index contributed by atoms with van der Waals surface area (Å²) < 4.78 is 38.9. The maximum Gasteiger partial charge on any atom is 0.416 e. The largest absolute Gasteiger partial charge is 0.416 e. The van der Waals surface area contributed by atoms with Gasteiger partial charge >= 0.3 is 6.18 Å². The van der Waals surface area contributed by atoms with Crippen molar-refractivity contribution in [3.05, 3.63) is 71.3 Å². The van der Waals surface area contributed by atoms with Crippen molar-refractivity contribution >= 4 is 41.9 Å². The molecule has 2 heterocycles. The molecule has 2 aliphatic rings. The Labute approximate surface area is 187 Å². The van der Waals surface area contributed by atoms with Gasteiger partial charge in [-0.2, -0.15) is 13.2 Å². The Morgan fingerprint density at radius 3 is 2.13 bits per heavy atom. The van der Waals surface area contributed by atoms with Crippen molar-refractivity contribution in [2.75, 3.05) is 33.2 Å². The molecule has 0 amide bonds. The quantitative estimate of drug-likeness (QED) is 0.565.